The molecule has 1 aromatic carbocycles. The maximum absolute atomic E-state index is 12.6. The van der Waals surface area contributed by atoms with Crippen molar-refractivity contribution in [3.63, 3.8) is 0 Å². The second kappa shape index (κ2) is 6.69. The maximum atomic E-state index is 12.6. The third-order valence-electron chi connectivity index (χ3n) is 4.21. The zero-order valence-electron chi connectivity index (χ0n) is 13.5. The summed E-state index contributed by atoms with van der Waals surface area (Å²) in [6, 6.07) is 11.7. The van der Waals surface area contributed by atoms with Gasteiger partial charge in [-0.3, -0.25) is 9.78 Å². The number of fused-ring (bicyclic) bond motifs is 1. The van der Waals surface area contributed by atoms with Gasteiger partial charge in [0.15, 0.2) is 5.89 Å². The molecule has 0 spiro atoms. The van der Waals surface area contributed by atoms with Gasteiger partial charge >= 0.3 is 0 Å². The minimum atomic E-state index is -0.0896. The Morgan fingerprint density at radius 3 is 2.88 bits per heavy atom. The third kappa shape index (κ3) is 3.42. The fraction of sp³-hybridized carbons (Fsp3) is 0.211. The molecule has 3 aromatic rings. The molecule has 0 atom stereocenters. The Hall–Kier alpha value is -2.66. The van der Waals surface area contributed by atoms with E-state index in [-0.39, 0.29) is 5.91 Å². The van der Waals surface area contributed by atoms with Gasteiger partial charge in [-0.15, -0.1) is 0 Å². The van der Waals surface area contributed by atoms with Crippen LogP contribution in [0.2, 0.25) is 5.02 Å². The van der Waals surface area contributed by atoms with Gasteiger partial charge in [0.05, 0.1) is 17.1 Å². The van der Waals surface area contributed by atoms with Crippen molar-refractivity contribution in [2.45, 2.75) is 19.4 Å². The van der Waals surface area contributed by atoms with E-state index < -0.39 is 0 Å². The van der Waals surface area contributed by atoms with Crippen molar-refractivity contribution in [3.8, 4) is 0 Å². The Morgan fingerprint density at radius 1 is 1.24 bits per heavy atom. The molecule has 2 aromatic heterocycles. The smallest absolute Gasteiger partial charge is 0.255 e. The van der Waals surface area contributed by atoms with Gasteiger partial charge in [-0.1, -0.05) is 41.9 Å². The van der Waals surface area contributed by atoms with Crippen LogP contribution in [-0.2, 0) is 19.4 Å². The van der Waals surface area contributed by atoms with Crippen LogP contribution in [0.25, 0.3) is 0 Å². The van der Waals surface area contributed by atoms with Gasteiger partial charge in [0.2, 0.25) is 0 Å². The van der Waals surface area contributed by atoms with Gasteiger partial charge in [-0.25, -0.2) is 4.98 Å². The molecule has 0 saturated heterocycles. The largest absolute Gasteiger partial charge is 0.445 e. The second-order valence-corrected chi connectivity index (χ2v) is 6.44. The first-order valence-electron chi connectivity index (χ1n) is 8.10. The molecule has 6 heteroatoms. The zero-order valence-corrected chi connectivity index (χ0v) is 14.2. The Morgan fingerprint density at radius 2 is 2.08 bits per heavy atom. The van der Waals surface area contributed by atoms with Crippen molar-refractivity contribution in [2.24, 2.45) is 0 Å². The summed E-state index contributed by atoms with van der Waals surface area (Å²) in [5, 5.41) is 0.454. The van der Waals surface area contributed by atoms with E-state index in [0.717, 1.165) is 17.0 Å². The van der Waals surface area contributed by atoms with Crippen molar-refractivity contribution in [3.05, 3.63) is 82.3 Å². The fourth-order valence-corrected chi connectivity index (χ4v) is 3.16. The van der Waals surface area contributed by atoms with Crippen LogP contribution in [0.3, 0.4) is 0 Å². The third-order valence-corrected chi connectivity index (χ3v) is 4.42. The van der Waals surface area contributed by atoms with E-state index >= 15 is 0 Å². The summed E-state index contributed by atoms with van der Waals surface area (Å²) in [7, 11) is 0. The number of rotatable bonds is 3. The van der Waals surface area contributed by atoms with Crippen LogP contribution in [0.1, 0.15) is 33.3 Å². The number of hydrogen-bond donors (Lipinski definition) is 0. The molecule has 0 radical (unpaired) electrons. The standard InChI is InChI=1S/C19H16ClN3O2/c20-15-9-14(10-21-11-15)19(24)23-7-6-17-16(12-23)22-18(25-17)8-13-4-2-1-3-5-13/h1-5,9-11H,6-8,12H2. The second-order valence-electron chi connectivity index (χ2n) is 6.01. The van der Waals surface area contributed by atoms with Gasteiger partial charge in [0, 0.05) is 31.8 Å². The number of halogens is 1. The summed E-state index contributed by atoms with van der Waals surface area (Å²) in [5.41, 5.74) is 2.48. The average Bonchev–Trinajstić information content (AvgIpc) is 3.03. The average molecular weight is 354 g/mol. The van der Waals surface area contributed by atoms with Gasteiger partial charge in [-0.05, 0) is 11.6 Å². The molecule has 1 amide bonds. The fourth-order valence-electron chi connectivity index (χ4n) is 2.98. The first-order valence-corrected chi connectivity index (χ1v) is 8.48. The molecule has 0 aliphatic carbocycles. The summed E-state index contributed by atoms with van der Waals surface area (Å²) < 4.78 is 5.88. The maximum Gasteiger partial charge on any atom is 0.255 e. The van der Waals surface area contributed by atoms with E-state index in [1.54, 1.807) is 11.0 Å². The zero-order chi connectivity index (χ0) is 17.2. The van der Waals surface area contributed by atoms with E-state index in [1.807, 2.05) is 30.3 Å². The molecule has 3 heterocycles. The van der Waals surface area contributed by atoms with Crippen LogP contribution in [0.15, 0.2) is 53.2 Å². The Kier molecular flexibility index (Phi) is 4.24. The molecule has 4 rings (SSSR count). The molecule has 0 fully saturated rings. The molecular weight excluding hydrogens is 338 g/mol. The Bertz CT molecular complexity index is 908. The Balaban J connectivity index is 1.50. The van der Waals surface area contributed by atoms with Crippen molar-refractivity contribution in [1.82, 2.24) is 14.9 Å². The summed E-state index contributed by atoms with van der Waals surface area (Å²) in [6.45, 7) is 1.04. The molecule has 1 aliphatic rings. The highest BCUT2D eigenvalue weighted by Gasteiger charge is 2.26. The van der Waals surface area contributed by atoms with Gasteiger partial charge < -0.3 is 9.32 Å². The van der Waals surface area contributed by atoms with E-state index in [9.17, 15) is 4.79 Å². The number of oxazole rings is 1. The highest BCUT2D eigenvalue weighted by molar-refractivity contribution is 6.30. The summed E-state index contributed by atoms with van der Waals surface area (Å²) >= 11 is 5.93. The van der Waals surface area contributed by atoms with E-state index in [4.69, 9.17) is 16.0 Å². The normalized spacial score (nSPS) is 13.6. The molecule has 1 aliphatic heterocycles. The lowest BCUT2D eigenvalue weighted by molar-refractivity contribution is 0.0727. The number of carbonyl (C=O) groups is 1. The number of nitrogens with zero attached hydrogens (tertiary/aromatic N) is 3. The van der Waals surface area contributed by atoms with Crippen molar-refractivity contribution < 1.29 is 9.21 Å². The first-order chi connectivity index (χ1) is 12.2. The predicted octanol–water partition coefficient (Wildman–Crippen LogP) is 3.51. The molecule has 0 saturated carbocycles. The minimum absolute atomic E-state index is 0.0896. The van der Waals surface area contributed by atoms with Crippen LogP contribution in [-0.4, -0.2) is 27.3 Å². The van der Waals surface area contributed by atoms with Crippen molar-refractivity contribution in [1.29, 1.82) is 0 Å². The highest BCUT2D eigenvalue weighted by atomic mass is 35.5. The molecule has 0 bridgehead atoms. The van der Waals surface area contributed by atoms with E-state index in [0.29, 0.717) is 42.4 Å². The van der Waals surface area contributed by atoms with Gasteiger partial charge in [0.1, 0.15) is 11.5 Å². The summed E-state index contributed by atoms with van der Waals surface area (Å²) in [6.07, 6.45) is 4.37. The molecule has 0 unspecified atom stereocenters. The van der Waals surface area contributed by atoms with Crippen LogP contribution < -0.4 is 0 Å². The van der Waals surface area contributed by atoms with Crippen LogP contribution >= 0.6 is 11.6 Å². The number of benzene rings is 1. The number of pyridine rings is 1. The lowest BCUT2D eigenvalue weighted by atomic mass is 10.1. The predicted molar refractivity (Wildman–Crippen MR) is 93.4 cm³/mol. The Labute approximate surface area is 150 Å². The van der Waals surface area contributed by atoms with Crippen LogP contribution in [0, 0.1) is 0 Å². The minimum Gasteiger partial charge on any atom is -0.445 e. The van der Waals surface area contributed by atoms with Gasteiger partial charge in [-0.2, -0.15) is 0 Å². The summed E-state index contributed by atoms with van der Waals surface area (Å²) in [4.78, 5) is 23.0. The van der Waals surface area contributed by atoms with Crippen LogP contribution in [0.5, 0.6) is 0 Å². The number of aromatic nitrogens is 2. The number of amides is 1. The molecule has 5 nitrogen and oxygen atoms in total. The van der Waals surface area contributed by atoms with Gasteiger partial charge in [0.25, 0.3) is 5.91 Å². The van der Waals surface area contributed by atoms with Crippen molar-refractivity contribution >= 4 is 17.5 Å². The lowest BCUT2D eigenvalue weighted by Crippen LogP contribution is -2.35. The van der Waals surface area contributed by atoms with Crippen LogP contribution in [0.4, 0.5) is 0 Å². The summed E-state index contributed by atoms with van der Waals surface area (Å²) in [5.74, 6) is 1.47. The van der Waals surface area contributed by atoms with E-state index in [2.05, 4.69) is 9.97 Å². The molecule has 25 heavy (non-hydrogen) atoms. The number of hydrogen-bond acceptors (Lipinski definition) is 4. The van der Waals surface area contributed by atoms with Crippen molar-refractivity contribution in [2.75, 3.05) is 6.54 Å². The first kappa shape index (κ1) is 15.8. The lowest BCUT2D eigenvalue weighted by Gasteiger charge is -2.25. The topological polar surface area (TPSA) is 59.2 Å². The quantitative estimate of drug-likeness (QED) is 0.723. The number of carbonyl (C=O) groups excluding carboxylic acids is 1. The SMILES string of the molecule is O=C(c1cncc(Cl)c1)N1CCc2oc(Cc3ccccc3)nc2C1. The molecule has 0 N–H and O–H groups in total. The molecular formula is C19H16ClN3O2. The highest BCUT2D eigenvalue weighted by Crippen LogP contribution is 2.23. The van der Waals surface area contributed by atoms with E-state index in [1.165, 1.54) is 12.4 Å². The monoisotopic (exact) mass is 353 g/mol. The molecule has 126 valence electrons.